The lowest BCUT2D eigenvalue weighted by Crippen LogP contribution is -2.15. The van der Waals surface area contributed by atoms with E-state index in [2.05, 4.69) is 5.32 Å². The van der Waals surface area contributed by atoms with Crippen molar-refractivity contribution in [2.75, 3.05) is 19.5 Å². The number of hydrogen-bond acceptors (Lipinski definition) is 3. The average Bonchev–Trinajstić information content (AvgIpc) is 3.35. The highest BCUT2D eigenvalue weighted by Crippen LogP contribution is 2.49. The minimum atomic E-state index is -0.0914. The van der Waals surface area contributed by atoms with Crippen LogP contribution < -0.4 is 14.8 Å². The average molecular weight is 366 g/mol. The number of rotatable bonds is 5. The van der Waals surface area contributed by atoms with E-state index < -0.39 is 0 Å². The van der Waals surface area contributed by atoms with Crippen LogP contribution in [0.15, 0.2) is 36.4 Å². The second kappa shape index (κ2) is 6.91. The van der Waals surface area contributed by atoms with Crippen molar-refractivity contribution in [3.8, 4) is 11.5 Å². The molecule has 1 fully saturated rings. The minimum absolute atomic E-state index is 0.0421. The summed E-state index contributed by atoms with van der Waals surface area (Å²) in [7, 11) is 3.14. The van der Waals surface area contributed by atoms with Crippen LogP contribution in [0.4, 0.5) is 5.69 Å². The standard InChI is InChI=1S/C18H17Cl2NO3/c1-23-13-3-4-16(17(8-13)24-2)21-18(22)15-9-14(15)10-5-11(19)7-12(20)6-10/h3-8,14-15H,9H2,1-2H3,(H,21,22)/t14-,15+/m1/s1. The van der Waals surface area contributed by atoms with E-state index in [0.29, 0.717) is 27.2 Å². The van der Waals surface area contributed by atoms with Crippen LogP contribution in [-0.2, 0) is 4.79 Å². The molecule has 0 aliphatic heterocycles. The van der Waals surface area contributed by atoms with E-state index >= 15 is 0 Å². The third-order valence-electron chi connectivity index (χ3n) is 4.11. The highest BCUT2D eigenvalue weighted by atomic mass is 35.5. The molecule has 0 spiro atoms. The molecule has 2 aromatic rings. The van der Waals surface area contributed by atoms with E-state index in [4.69, 9.17) is 32.7 Å². The lowest BCUT2D eigenvalue weighted by atomic mass is 10.1. The topological polar surface area (TPSA) is 47.6 Å². The van der Waals surface area contributed by atoms with Gasteiger partial charge < -0.3 is 14.8 Å². The highest BCUT2D eigenvalue weighted by molar-refractivity contribution is 6.34. The highest BCUT2D eigenvalue weighted by Gasteiger charge is 2.44. The van der Waals surface area contributed by atoms with Gasteiger partial charge in [0.15, 0.2) is 0 Å². The van der Waals surface area contributed by atoms with Gasteiger partial charge in [0.25, 0.3) is 0 Å². The zero-order chi connectivity index (χ0) is 17.3. The zero-order valence-electron chi connectivity index (χ0n) is 13.3. The van der Waals surface area contributed by atoms with Crippen molar-refractivity contribution in [3.05, 3.63) is 52.0 Å². The van der Waals surface area contributed by atoms with Crippen LogP contribution in [0.25, 0.3) is 0 Å². The van der Waals surface area contributed by atoms with E-state index in [9.17, 15) is 4.79 Å². The number of nitrogens with one attached hydrogen (secondary N) is 1. The fraction of sp³-hybridized carbons (Fsp3) is 0.278. The molecule has 2 aromatic carbocycles. The second-order valence-electron chi connectivity index (χ2n) is 5.71. The summed E-state index contributed by atoms with van der Waals surface area (Å²) in [4.78, 5) is 12.5. The van der Waals surface area contributed by atoms with Crippen molar-refractivity contribution in [1.82, 2.24) is 0 Å². The predicted octanol–water partition coefficient (Wildman–Crippen LogP) is 4.75. The molecule has 3 rings (SSSR count). The summed E-state index contributed by atoms with van der Waals surface area (Å²) in [5.74, 6) is 1.24. The summed E-state index contributed by atoms with van der Waals surface area (Å²) < 4.78 is 10.5. The first-order valence-electron chi connectivity index (χ1n) is 7.50. The van der Waals surface area contributed by atoms with Crippen LogP contribution in [0.5, 0.6) is 11.5 Å². The summed E-state index contributed by atoms with van der Waals surface area (Å²) in [6, 6.07) is 10.7. The minimum Gasteiger partial charge on any atom is -0.497 e. The molecule has 24 heavy (non-hydrogen) atoms. The molecule has 126 valence electrons. The molecule has 1 aliphatic rings. The predicted molar refractivity (Wildman–Crippen MR) is 95.5 cm³/mol. The van der Waals surface area contributed by atoms with Gasteiger partial charge in [0.2, 0.25) is 5.91 Å². The maximum atomic E-state index is 12.5. The number of hydrogen-bond donors (Lipinski definition) is 1. The number of amides is 1. The molecule has 1 N–H and O–H groups in total. The molecular formula is C18H17Cl2NO3. The zero-order valence-corrected chi connectivity index (χ0v) is 14.8. The summed E-state index contributed by atoms with van der Waals surface area (Å²) >= 11 is 12.1. The quantitative estimate of drug-likeness (QED) is 0.831. The molecule has 6 heteroatoms. The normalized spacial score (nSPS) is 18.8. The molecular weight excluding hydrogens is 349 g/mol. The van der Waals surface area contributed by atoms with Gasteiger partial charge in [-0.25, -0.2) is 0 Å². The molecule has 4 nitrogen and oxygen atoms in total. The summed E-state index contributed by atoms with van der Waals surface area (Å²) in [6.45, 7) is 0. The van der Waals surface area contributed by atoms with Gasteiger partial charge in [0, 0.05) is 22.0 Å². The summed E-state index contributed by atoms with van der Waals surface area (Å²) in [6.07, 6.45) is 0.779. The van der Waals surface area contributed by atoms with Crippen molar-refractivity contribution in [3.63, 3.8) is 0 Å². The Morgan fingerprint density at radius 1 is 1.08 bits per heavy atom. The SMILES string of the molecule is COc1ccc(NC(=O)[C@H]2C[C@@H]2c2cc(Cl)cc(Cl)c2)c(OC)c1. The smallest absolute Gasteiger partial charge is 0.228 e. The van der Waals surface area contributed by atoms with Crippen LogP contribution in [-0.4, -0.2) is 20.1 Å². The Morgan fingerprint density at radius 2 is 1.79 bits per heavy atom. The summed E-state index contributed by atoms with van der Waals surface area (Å²) in [5.41, 5.74) is 1.62. The monoisotopic (exact) mass is 365 g/mol. The Bertz CT molecular complexity index is 759. The Morgan fingerprint density at radius 3 is 2.42 bits per heavy atom. The first kappa shape index (κ1) is 16.9. The van der Waals surface area contributed by atoms with Crippen LogP contribution in [0.2, 0.25) is 10.0 Å². The lowest BCUT2D eigenvalue weighted by Gasteiger charge is -2.11. The van der Waals surface area contributed by atoms with Gasteiger partial charge in [-0.1, -0.05) is 23.2 Å². The third-order valence-corrected chi connectivity index (χ3v) is 4.54. The van der Waals surface area contributed by atoms with Crippen molar-refractivity contribution in [1.29, 1.82) is 0 Å². The number of ether oxygens (including phenoxy) is 2. The molecule has 0 bridgehead atoms. The van der Waals surface area contributed by atoms with E-state index in [1.165, 1.54) is 0 Å². The van der Waals surface area contributed by atoms with E-state index in [1.54, 1.807) is 38.5 Å². The number of carbonyl (C=O) groups is 1. The molecule has 1 saturated carbocycles. The number of anilines is 1. The number of benzene rings is 2. The van der Waals surface area contributed by atoms with E-state index in [0.717, 1.165) is 12.0 Å². The van der Waals surface area contributed by atoms with Gasteiger partial charge in [0.05, 0.1) is 19.9 Å². The molecule has 0 unspecified atom stereocenters. The Kier molecular flexibility index (Phi) is 4.88. The first-order chi connectivity index (χ1) is 11.5. The third kappa shape index (κ3) is 3.60. The fourth-order valence-corrected chi connectivity index (χ4v) is 3.31. The Balaban J connectivity index is 1.71. The lowest BCUT2D eigenvalue weighted by molar-refractivity contribution is -0.117. The van der Waals surface area contributed by atoms with Crippen LogP contribution in [0.3, 0.4) is 0 Å². The maximum absolute atomic E-state index is 12.5. The van der Waals surface area contributed by atoms with Gasteiger partial charge in [-0.3, -0.25) is 4.79 Å². The summed E-state index contributed by atoms with van der Waals surface area (Å²) in [5, 5.41) is 4.09. The van der Waals surface area contributed by atoms with Crippen LogP contribution in [0, 0.1) is 5.92 Å². The van der Waals surface area contributed by atoms with Gasteiger partial charge >= 0.3 is 0 Å². The van der Waals surface area contributed by atoms with Crippen LogP contribution >= 0.6 is 23.2 Å². The van der Waals surface area contributed by atoms with Crippen molar-refractivity contribution in [2.24, 2.45) is 5.92 Å². The van der Waals surface area contributed by atoms with Gasteiger partial charge in [-0.15, -0.1) is 0 Å². The Labute approximate surface area is 150 Å². The molecule has 2 atom stereocenters. The number of methoxy groups -OCH3 is 2. The second-order valence-corrected chi connectivity index (χ2v) is 6.58. The van der Waals surface area contributed by atoms with E-state index in [1.807, 2.05) is 12.1 Å². The van der Waals surface area contributed by atoms with Crippen molar-refractivity contribution >= 4 is 34.8 Å². The maximum Gasteiger partial charge on any atom is 0.228 e. The fourth-order valence-electron chi connectivity index (χ4n) is 2.77. The molecule has 0 radical (unpaired) electrons. The van der Waals surface area contributed by atoms with Crippen molar-refractivity contribution in [2.45, 2.75) is 12.3 Å². The van der Waals surface area contributed by atoms with Crippen molar-refractivity contribution < 1.29 is 14.3 Å². The molecule has 0 heterocycles. The molecule has 0 saturated heterocycles. The largest absolute Gasteiger partial charge is 0.497 e. The van der Waals surface area contributed by atoms with E-state index in [-0.39, 0.29) is 17.7 Å². The molecule has 1 aliphatic carbocycles. The molecule has 0 aromatic heterocycles. The Hall–Kier alpha value is -1.91. The first-order valence-corrected chi connectivity index (χ1v) is 8.26. The molecule has 1 amide bonds. The number of halogens is 2. The van der Waals surface area contributed by atoms with Crippen LogP contribution in [0.1, 0.15) is 17.9 Å². The van der Waals surface area contributed by atoms with Gasteiger partial charge in [-0.2, -0.15) is 0 Å². The van der Waals surface area contributed by atoms with Gasteiger partial charge in [-0.05, 0) is 48.2 Å². The van der Waals surface area contributed by atoms with Gasteiger partial charge in [0.1, 0.15) is 11.5 Å². The number of carbonyl (C=O) groups excluding carboxylic acids is 1.